The van der Waals surface area contributed by atoms with Crippen LogP contribution in [-0.4, -0.2) is 42.6 Å². The summed E-state index contributed by atoms with van der Waals surface area (Å²) < 4.78 is 5.77. The Bertz CT molecular complexity index is 194. The summed E-state index contributed by atoms with van der Waals surface area (Å²) in [6.07, 6.45) is 5.45. The van der Waals surface area contributed by atoms with Crippen LogP contribution in [0.4, 0.5) is 0 Å². The number of alkyl halides is 1. The fraction of sp³-hybridized carbons (Fsp3) is 1.00. The van der Waals surface area contributed by atoms with Crippen LogP contribution in [0.3, 0.4) is 0 Å². The molecule has 2 nitrogen and oxygen atoms in total. The van der Waals surface area contributed by atoms with Gasteiger partial charge in [0.1, 0.15) is 0 Å². The summed E-state index contributed by atoms with van der Waals surface area (Å²) in [7, 11) is 0. The summed E-state index contributed by atoms with van der Waals surface area (Å²) in [6.45, 7) is 6.64. The molecule has 3 unspecified atom stereocenters. The summed E-state index contributed by atoms with van der Waals surface area (Å²) in [5.74, 6) is 0.629. The number of ether oxygens (including phenoxy) is 1. The second kappa shape index (κ2) is 5.51. The zero-order chi connectivity index (χ0) is 10.7. The van der Waals surface area contributed by atoms with E-state index in [-0.39, 0.29) is 0 Å². The highest BCUT2D eigenvalue weighted by Crippen LogP contribution is 2.23. The van der Waals surface area contributed by atoms with Crippen LogP contribution in [-0.2, 0) is 4.74 Å². The third-order valence-corrected chi connectivity index (χ3v) is 4.27. The molecule has 3 heteroatoms. The Hall–Kier alpha value is 0.210. The molecule has 0 saturated carbocycles. The van der Waals surface area contributed by atoms with Crippen molar-refractivity contribution in [3.63, 3.8) is 0 Å². The van der Waals surface area contributed by atoms with Gasteiger partial charge in [0.25, 0.3) is 0 Å². The first-order valence-corrected chi connectivity index (χ1v) is 6.67. The van der Waals surface area contributed by atoms with Crippen LogP contribution in [0.25, 0.3) is 0 Å². The van der Waals surface area contributed by atoms with E-state index in [4.69, 9.17) is 16.3 Å². The van der Waals surface area contributed by atoms with Crippen LogP contribution in [0.5, 0.6) is 0 Å². The van der Waals surface area contributed by atoms with Gasteiger partial charge < -0.3 is 9.64 Å². The first kappa shape index (κ1) is 11.7. The highest BCUT2D eigenvalue weighted by atomic mass is 35.5. The summed E-state index contributed by atoms with van der Waals surface area (Å²) in [5.41, 5.74) is 0. The molecule has 0 amide bonds. The summed E-state index contributed by atoms with van der Waals surface area (Å²) in [5, 5.41) is 0.383. The molecule has 88 valence electrons. The number of rotatable bonds is 2. The molecule has 0 aliphatic carbocycles. The molecule has 0 spiro atoms. The fourth-order valence-corrected chi connectivity index (χ4v) is 2.79. The molecule has 0 aromatic carbocycles. The standard InChI is InChI=1S/C12H22ClNO/c1-10-8-14(6-5-12(10)13)9-11-4-2-3-7-15-11/h10-12H,2-9H2,1H3. The maximum absolute atomic E-state index is 6.22. The van der Waals surface area contributed by atoms with Gasteiger partial charge in [-0.05, 0) is 38.1 Å². The third kappa shape index (κ3) is 3.33. The van der Waals surface area contributed by atoms with Crippen LogP contribution in [0.1, 0.15) is 32.6 Å². The monoisotopic (exact) mass is 231 g/mol. The summed E-state index contributed by atoms with van der Waals surface area (Å²) in [6, 6.07) is 0. The van der Waals surface area contributed by atoms with E-state index in [0.717, 1.165) is 32.7 Å². The van der Waals surface area contributed by atoms with E-state index in [2.05, 4.69) is 11.8 Å². The minimum Gasteiger partial charge on any atom is -0.377 e. The van der Waals surface area contributed by atoms with E-state index in [1.807, 2.05) is 0 Å². The molecular formula is C12H22ClNO. The predicted octanol–water partition coefficient (Wildman–Crippen LogP) is 2.50. The van der Waals surface area contributed by atoms with Gasteiger partial charge in [0.15, 0.2) is 0 Å². The Morgan fingerprint density at radius 3 is 2.87 bits per heavy atom. The number of hydrogen-bond acceptors (Lipinski definition) is 2. The quantitative estimate of drug-likeness (QED) is 0.678. The first-order chi connectivity index (χ1) is 7.25. The van der Waals surface area contributed by atoms with Crippen molar-refractivity contribution < 1.29 is 4.74 Å². The van der Waals surface area contributed by atoms with Crippen LogP contribution in [0.2, 0.25) is 0 Å². The van der Waals surface area contributed by atoms with Gasteiger partial charge in [0.2, 0.25) is 0 Å². The normalized spacial score (nSPS) is 39.2. The number of likely N-dealkylation sites (tertiary alicyclic amines) is 1. The van der Waals surface area contributed by atoms with Gasteiger partial charge in [0.05, 0.1) is 6.10 Å². The minimum atomic E-state index is 0.383. The maximum Gasteiger partial charge on any atom is 0.0702 e. The molecule has 3 atom stereocenters. The van der Waals surface area contributed by atoms with Gasteiger partial charge in [-0.15, -0.1) is 11.6 Å². The largest absolute Gasteiger partial charge is 0.377 e. The van der Waals surface area contributed by atoms with Crippen molar-refractivity contribution in [2.75, 3.05) is 26.2 Å². The molecule has 2 aliphatic rings. The van der Waals surface area contributed by atoms with Crippen molar-refractivity contribution in [3.8, 4) is 0 Å². The number of nitrogens with zero attached hydrogens (tertiary/aromatic N) is 1. The van der Waals surface area contributed by atoms with Crippen LogP contribution >= 0.6 is 11.6 Å². The molecular weight excluding hydrogens is 210 g/mol. The topological polar surface area (TPSA) is 12.5 Å². The van der Waals surface area contributed by atoms with E-state index < -0.39 is 0 Å². The van der Waals surface area contributed by atoms with Gasteiger partial charge in [-0.2, -0.15) is 0 Å². The molecule has 2 fully saturated rings. The molecule has 0 bridgehead atoms. The number of halogens is 1. The highest BCUT2D eigenvalue weighted by molar-refractivity contribution is 6.20. The van der Waals surface area contributed by atoms with Crippen LogP contribution in [0, 0.1) is 5.92 Å². The average molecular weight is 232 g/mol. The molecule has 15 heavy (non-hydrogen) atoms. The second-order valence-corrected chi connectivity index (χ2v) is 5.59. The SMILES string of the molecule is CC1CN(CC2CCCCO2)CCC1Cl. The molecule has 2 rings (SSSR count). The number of piperidine rings is 1. The second-order valence-electron chi connectivity index (χ2n) is 5.03. The third-order valence-electron chi connectivity index (χ3n) is 3.62. The number of hydrogen-bond donors (Lipinski definition) is 0. The molecule has 0 aromatic rings. The van der Waals surface area contributed by atoms with E-state index in [9.17, 15) is 0 Å². The van der Waals surface area contributed by atoms with Crippen molar-refractivity contribution in [3.05, 3.63) is 0 Å². The van der Waals surface area contributed by atoms with Crippen LogP contribution < -0.4 is 0 Å². The molecule has 0 aromatic heterocycles. The summed E-state index contributed by atoms with van der Waals surface area (Å²) in [4.78, 5) is 2.53. The Labute approximate surface area is 97.9 Å². The lowest BCUT2D eigenvalue weighted by Crippen LogP contribution is -2.44. The van der Waals surface area contributed by atoms with E-state index in [0.29, 0.717) is 17.4 Å². The Balaban J connectivity index is 1.74. The van der Waals surface area contributed by atoms with Gasteiger partial charge in [-0.1, -0.05) is 6.92 Å². The van der Waals surface area contributed by atoms with E-state index in [1.165, 1.54) is 19.3 Å². The Morgan fingerprint density at radius 2 is 2.20 bits per heavy atom. The van der Waals surface area contributed by atoms with Gasteiger partial charge in [-0.25, -0.2) is 0 Å². The highest BCUT2D eigenvalue weighted by Gasteiger charge is 2.26. The van der Waals surface area contributed by atoms with Crippen molar-refractivity contribution in [2.45, 2.75) is 44.1 Å². The molecule has 0 radical (unpaired) electrons. The molecule has 2 saturated heterocycles. The first-order valence-electron chi connectivity index (χ1n) is 6.23. The molecule has 0 N–H and O–H groups in total. The lowest BCUT2D eigenvalue weighted by molar-refractivity contribution is -0.0117. The fourth-order valence-electron chi connectivity index (χ4n) is 2.61. The van der Waals surface area contributed by atoms with E-state index in [1.54, 1.807) is 0 Å². The van der Waals surface area contributed by atoms with Gasteiger partial charge in [-0.3, -0.25) is 0 Å². The zero-order valence-corrected chi connectivity index (χ0v) is 10.4. The van der Waals surface area contributed by atoms with Crippen molar-refractivity contribution >= 4 is 11.6 Å². The van der Waals surface area contributed by atoms with Crippen molar-refractivity contribution in [1.82, 2.24) is 4.90 Å². The lowest BCUT2D eigenvalue weighted by Gasteiger charge is -2.36. The lowest BCUT2D eigenvalue weighted by atomic mass is 9.98. The van der Waals surface area contributed by atoms with E-state index >= 15 is 0 Å². The molecule has 2 heterocycles. The predicted molar refractivity (Wildman–Crippen MR) is 63.5 cm³/mol. The van der Waals surface area contributed by atoms with Crippen molar-refractivity contribution in [2.24, 2.45) is 5.92 Å². The summed E-state index contributed by atoms with van der Waals surface area (Å²) >= 11 is 6.22. The minimum absolute atomic E-state index is 0.383. The average Bonchev–Trinajstić information content (AvgIpc) is 2.25. The van der Waals surface area contributed by atoms with Crippen LogP contribution in [0.15, 0.2) is 0 Å². The Morgan fingerprint density at radius 1 is 1.33 bits per heavy atom. The smallest absolute Gasteiger partial charge is 0.0702 e. The Kier molecular flexibility index (Phi) is 4.30. The van der Waals surface area contributed by atoms with Crippen molar-refractivity contribution in [1.29, 1.82) is 0 Å². The zero-order valence-electron chi connectivity index (χ0n) is 9.62. The maximum atomic E-state index is 6.22. The van der Waals surface area contributed by atoms with Gasteiger partial charge >= 0.3 is 0 Å². The van der Waals surface area contributed by atoms with Gasteiger partial charge in [0, 0.05) is 25.1 Å². The molecule has 2 aliphatic heterocycles.